The van der Waals surface area contributed by atoms with Gasteiger partial charge >= 0.3 is 0 Å². The van der Waals surface area contributed by atoms with Crippen LogP contribution in [0.3, 0.4) is 0 Å². The van der Waals surface area contributed by atoms with E-state index in [9.17, 15) is 4.21 Å². The molecule has 0 radical (unpaired) electrons. The maximum atomic E-state index is 11.3. The van der Waals surface area contributed by atoms with Gasteiger partial charge in [-0.25, -0.2) is 8.51 Å². The number of aromatic nitrogens is 1. The summed E-state index contributed by atoms with van der Waals surface area (Å²) in [6, 6.07) is 4.10. The van der Waals surface area contributed by atoms with Gasteiger partial charge in [0.05, 0.1) is 16.7 Å². The van der Waals surface area contributed by atoms with Crippen molar-refractivity contribution >= 4 is 16.6 Å². The van der Waals surface area contributed by atoms with Crippen LogP contribution in [0, 0.1) is 6.92 Å². The van der Waals surface area contributed by atoms with Crippen molar-refractivity contribution in [2.45, 2.75) is 13.3 Å². The first-order valence-corrected chi connectivity index (χ1v) is 6.89. The molecule has 0 spiro atoms. The lowest BCUT2D eigenvalue weighted by atomic mass is 10.0. The van der Waals surface area contributed by atoms with Gasteiger partial charge in [-0.1, -0.05) is 6.08 Å². The minimum Gasteiger partial charge on any atom is -0.257 e. The molecule has 0 saturated carbocycles. The highest BCUT2D eigenvalue weighted by Gasteiger charge is 2.15. The summed E-state index contributed by atoms with van der Waals surface area (Å²) in [6.07, 6.45) is 6.63. The van der Waals surface area contributed by atoms with E-state index in [0.29, 0.717) is 0 Å². The third-order valence-electron chi connectivity index (χ3n) is 2.78. The summed E-state index contributed by atoms with van der Waals surface area (Å²) in [5.41, 5.74) is 3.55. The SMILES string of the molecule is Cc1ccnc(C2=CCN(S(C)=O)CC2)c1. The molecule has 0 N–H and O–H groups in total. The van der Waals surface area contributed by atoms with Crippen molar-refractivity contribution in [3.05, 3.63) is 35.7 Å². The van der Waals surface area contributed by atoms with E-state index < -0.39 is 11.0 Å². The maximum Gasteiger partial charge on any atom is 0.0913 e. The molecule has 86 valence electrons. The Bertz CT molecular complexity index is 442. The van der Waals surface area contributed by atoms with Crippen LogP contribution in [0.25, 0.3) is 5.57 Å². The Balaban J connectivity index is 2.16. The molecule has 2 rings (SSSR count). The summed E-state index contributed by atoms with van der Waals surface area (Å²) < 4.78 is 13.2. The molecular weight excluding hydrogens is 220 g/mol. The Morgan fingerprint density at radius 2 is 2.31 bits per heavy atom. The molecule has 1 unspecified atom stereocenters. The Morgan fingerprint density at radius 1 is 1.50 bits per heavy atom. The number of rotatable bonds is 2. The van der Waals surface area contributed by atoms with Gasteiger partial charge in [-0.2, -0.15) is 0 Å². The highest BCUT2D eigenvalue weighted by molar-refractivity contribution is 7.81. The van der Waals surface area contributed by atoms with Crippen LogP contribution in [0.5, 0.6) is 0 Å². The minimum absolute atomic E-state index is 0.758. The highest BCUT2D eigenvalue weighted by atomic mass is 32.2. The van der Waals surface area contributed by atoms with Crippen LogP contribution in [0.4, 0.5) is 0 Å². The fraction of sp³-hybridized carbons (Fsp3) is 0.417. The van der Waals surface area contributed by atoms with Crippen molar-refractivity contribution in [2.75, 3.05) is 19.3 Å². The van der Waals surface area contributed by atoms with Crippen LogP contribution in [-0.4, -0.2) is 32.8 Å². The van der Waals surface area contributed by atoms with Crippen LogP contribution < -0.4 is 0 Å². The first kappa shape index (κ1) is 11.5. The maximum absolute atomic E-state index is 11.3. The molecule has 0 aliphatic carbocycles. The van der Waals surface area contributed by atoms with E-state index in [0.717, 1.165) is 25.2 Å². The van der Waals surface area contributed by atoms with E-state index in [-0.39, 0.29) is 0 Å². The zero-order valence-corrected chi connectivity index (χ0v) is 10.5. The molecule has 16 heavy (non-hydrogen) atoms. The molecule has 0 bridgehead atoms. The van der Waals surface area contributed by atoms with Gasteiger partial charge in [0.15, 0.2) is 0 Å². The monoisotopic (exact) mass is 236 g/mol. The van der Waals surface area contributed by atoms with E-state index in [1.165, 1.54) is 11.1 Å². The minimum atomic E-state index is -0.859. The third-order valence-corrected chi connectivity index (χ3v) is 3.84. The second-order valence-electron chi connectivity index (χ2n) is 4.01. The molecule has 3 nitrogen and oxygen atoms in total. The molecule has 0 saturated heterocycles. The summed E-state index contributed by atoms with van der Waals surface area (Å²) in [7, 11) is -0.859. The molecule has 0 fully saturated rings. The molecule has 1 aromatic heterocycles. The van der Waals surface area contributed by atoms with Gasteiger partial charge < -0.3 is 0 Å². The van der Waals surface area contributed by atoms with Gasteiger partial charge in [-0.15, -0.1) is 0 Å². The number of nitrogens with zero attached hydrogens (tertiary/aromatic N) is 2. The molecule has 0 aromatic carbocycles. The van der Waals surface area contributed by atoms with E-state index >= 15 is 0 Å². The second kappa shape index (κ2) is 4.89. The number of pyridine rings is 1. The third kappa shape index (κ3) is 2.57. The summed E-state index contributed by atoms with van der Waals surface area (Å²) in [6.45, 7) is 3.68. The molecule has 1 aliphatic heterocycles. The van der Waals surface area contributed by atoms with Gasteiger partial charge in [0.2, 0.25) is 0 Å². The largest absolute Gasteiger partial charge is 0.257 e. The molecular formula is C12H16N2OS. The van der Waals surface area contributed by atoms with Gasteiger partial charge in [0, 0.05) is 25.5 Å². The lowest BCUT2D eigenvalue weighted by molar-refractivity contribution is 0.486. The Hall–Kier alpha value is -1.00. The fourth-order valence-corrected chi connectivity index (χ4v) is 2.46. The predicted octanol–water partition coefficient (Wildman–Crippen LogP) is 1.77. The zero-order valence-electron chi connectivity index (χ0n) is 9.64. The Kier molecular flexibility index (Phi) is 3.51. The smallest absolute Gasteiger partial charge is 0.0913 e. The first-order chi connectivity index (χ1) is 7.66. The number of hydrogen-bond donors (Lipinski definition) is 0. The van der Waals surface area contributed by atoms with Crippen LogP contribution in [0.1, 0.15) is 17.7 Å². The molecule has 4 heteroatoms. The van der Waals surface area contributed by atoms with Gasteiger partial charge in [-0.3, -0.25) is 4.98 Å². The van der Waals surface area contributed by atoms with Gasteiger partial charge in [0.1, 0.15) is 0 Å². The summed E-state index contributed by atoms with van der Waals surface area (Å²) in [4.78, 5) is 4.37. The number of aryl methyl sites for hydroxylation is 1. The van der Waals surface area contributed by atoms with Crippen molar-refractivity contribution in [3.8, 4) is 0 Å². The lowest BCUT2D eigenvalue weighted by Crippen LogP contribution is -2.29. The van der Waals surface area contributed by atoms with E-state index in [1.807, 2.05) is 16.6 Å². The molecule has 2 heterocycles. The van der Waals surface area contributed by atoms with Crippen molar-refractivity contribution in [1.82, 2.24) is 9.29 Å². The molecule has 1 atom stereocenters. The van der Waals surface area contributed by atoms with Crippen LogP contribution >= 0.6 is 0 Å². The second-order valence-corrected chi connectivity index (χ2v) is 5.37. The number of hydrogen-bond acceptors (Lipinski definition) is 2. The van der Waals surface area contributed by atoms with E-state index in [4.69, 9.17) is 0 Å². The Labute approximate surface area is 98.8 Å². The predicted molar refractivity (Wildman–Crippen MR) is 67.2 cm³/mol. The summed E-state index contributed by atoms with van der Waals surface area (Å²) >= 11 is 0. The molecule has 1 aromatic rings. The average Bonchev–Trinajstić information content (AvgIpc) is 2.29. The normalized spacial score (nSPS) is 19.2. The topological polar surface area (TPSA) is 33.2 Å². The van der Waals surface area contributed by atoms with E-state index in [2.05, 4.69) is 24.1 Å². The fourth-order valence-electron chi connectivity index (χ4n) is 1.83. The lowest BCUT2D eigenvalue weighted by Gasteiger charge is -2.23. The van der Waals surface area contributed by atoms with Crippen molar-refractivity contribution < 1.29 is 4.21 Å². The van der Waals surface area contributed by atoms with E-state index in [1.54, 1.807) is 6.26 Å². The average molecular weight is 236 g/mol. The Morgan fingerprint density at radius 3 is 2.88 bits per heavy atom. The van der Waals surface area contributed by atoms with Crippen LogP contribution in [-0.2, 0) is 11.0 Å². The van der Waals surface area contributed by atoms with Crippen LogP contribution in [0.2, 0.25) is 0 Å². The van der Waals surface area contributed by atoms with Gasteiger partial charge in [0.25, 0.3) is 0 Å². The van der Waals surface area contributed by atoms with Gasteiger partial charge in [-0.05, 0) is 36.6 Å². The quantitative estimate of drug-likeness (QED) is 0.784. The van der Waals surface area contributed by atoms with Crippen molar-refractivity contribution in [3.63, 3.8) is 0 Å². The molecule has 0 amide bonds. The van der Waals surface area contributed by atoms with Crippen molar-refractivity contribution in [1.29, 1.82) is 0 Å². The first-order valence-electron chi connectivity index (χ1n) is 5.37. The standard InChI is InChI=1S/C12H16N2OS/c1-10-3-6-13-12(9-10)11-4-7-14(8-5-11)16(2)15/h3-4,6,9H,5,7-8H2,1-2H3. The van der Waals surface area contributed by atoms with Crippen molar-refractivity contribution in [2.24, 2.45) is 0 Å². The highest BCUT2D eigenvalue weighted by Crippen LogP contribution is 2.21. The zero-order chi connectivity index (χ0) is 11.5. The summed E-state index contributed by atoms with van der Waals surface area (Å²) in [5.74, 6) is 0. The molecule has 1 aliphatic rings. The summed E-state index contributed by atoms with van der Waals surface area (Å²) in [5, 5.41) is 0. The van der Waals surface area contributed by atoms with Crippen LogP contribution in [0.15, 0.2) is 24.4 Å².